The van der Waals surface area contributed by atoms with E-state index in [0.717, 1.165) is 11.5 Å². The summed E-state index contributed by atoms with van der Waals surface area (Å²) in [6.07, 6.45) is 0. The first kappa shape index (κ1) is 12.7. The molecule has 2 rings (SSSR count). The average molecular weight is 243 g/mol. The molecule has 1 aromatic carbocycles. The molecule has 0 unspecified atom stereocenters. The lowest BCUT2D eigenvalue weighted by Gasteiger charge is -2.11. The molecular weight excluding hydrogens is 222 g/mol. The van der Waals surface area contributed by atoms with Gasteiger partial charge in [0, 0.05) is 25.7 Å². The zero-order valence-corrected chi connectivity index (χ0v) is 11.8. The average Bonchev–Trinajstić information content (AvgIpc) is 2.71. The van der Waals surface area contributed by atoms with E-state index in [9.17, 15) is 0 Å². The number of benzene rings is 1. The molecule has 18 heavy (non-hydrogen) atoms. The van der Waals surface area contributed by atoms with Gasteiger partial charge >= 0.3 is 0 Å². The molecule has 0 atom stereocenters. The monoisotopic (exact) mass is 243 g/mol. The molecule has 0 spiro atoms. The fraction of sp³-hybridized carbons (Fsp3) is 0.400. The van der Waals surface area contributed by atoms with Gasteiger partial charge in [0.05, 0.1) is 5.69 Å². The highest BCUT2D eigenvalue weighted by atomic mass is 15.3. The number of aromatic nitrogens is 2. The van der Waals surface area contributed by atoms with Gasteiger partial charge in [-0.15, -0.1) is 0 Å². The van der Waals surface area contributed by atoms with Gasteiger partial charge in [-0.05, 0) is 30.0 Å². The zero-order chi connectivity index (χ0) is 13.3. The predicted molar refractivity (Wildman–Crippen MR) is 77.0 cm³/mol. The van der Waals surface area contributed by atoms with Crippen LogP contribution in [-0.4, -0.2) is 16.8 Å². The second kappa shape index (κ2) is 4.84. The largest absolute Gasteiger partial charge is 0.372 e. The van der Waals surface area contributed by atoms with Gasteiger partial charge in [-0.2, -0.15) is 5.10 Å². The highest BCUT2D eigenvalue weighted by molar-refractivity contribution is 5.67. The Hall–Kier alpha value is -1.77. The number of anilines is 1. The molecule has 0 saturated heterocycles. The van der Waals surface area contributed by atoms with E-state index < -0.39 is 0 Å². The van der Waals surface area contributed by atoms with Crippen molar-refractivity contribution in [2.75, 3.05) is 12.4 Å². The van der Waals surface area contributed by atoms with Gasteiger partial charge in [0.15, 0.2) is 0 Å². The van der Waals surface area contributed by atoms with Gasteiger partial charge in [0.2, 0.25) is 0 Å². The highest BCUT2D eigenvalue weighted by Gasteiger charge is 2.11. The number of aryl methyl sites for hydroxylation is 2. The van der Waals surface area contributed by atoms with E-state index >= 15 is 0 Å². The summed E-state index contributed by atoms with van der Waals surface area (Å²) >= 11 is 0. The van der Waals surface area contributed by atoms with Crippen molar-refractivity contribution < 1.29 is 0 Å². The maximum absolute atomic E-state index is 4.43. The minimum atomic E-state index is 0.543. The van der Waals surface area contributed by atoms with Crippen LogP contribution in [0.5, 0.6) is 0 Å². The van der Waals surface area contributed by atoms with Crippen molar-refractivity contribution in [2.45, 2.75) is 26.7 Å². The maximum Gasteiger partial charge on any atom is 0.148 e. The Labute approximate surface area is 109 Å². The molecule has 0 amide bonds. The van der Waals surface area contributed by atoms with Crippen LogP contribution in [0.25, 0.3) is 11.3 Å². The molecule has 0 aliphatic heterocycles. The van der Waals surface area contributed by atoms with Crippen molar-refractivity contribution in [3.05, 3.63) is 35.4 Å². The van der Waals surface area contributed by atoms with E-state index in [1.807, 2.05) is 18.8 Å². The van der Waals surface area contributed by atoms with Crippen molar-refractivity contribution >= 4 is 5.82 Å². The third kappa shape index (κ3) is 2.26. The number of hydrogen-bond donors (Lipinski definition) is 1. The summed E-state index contributed by atoms with van der Waals surface area (Å²) in [5, 5.41) is 7.51. The minimum Gasteiger partial charge on any atom is -0.372 e. The minimum absolute atomic E-state index is 0.543. The highest BCUT2D eigenvalue weighted by Crippen LogP contribution is 2.28. The Morgan fingerprint density at radius 1 is 1.22 bits per heavy atom. The van der Waals surface area contributed by atoms with Crippen LogP contribution in [-0.2, 0) is 7.05 Å². The Morgan fingerprint density at radius 3 is 2.50 bits per heavy atom. The molecule has 2 aromatic rings. The first-order valence-corrected chi connectivity index (χ1v) is 6.35. The molecule has 0 radical (unpaired) electrons. The van der Waals surface area contributed by atoms with Crippen molar-refractivity contribution in [2.24, 2.45) is 7.05 Å². The van der Waals surface area contributed by atoms with E-state index in [2.05, 4.69) is 55.5 Å². The molecule has 0 fully saturated rings. The third-order valence-corrected chi connectivity index (χ3v) is 3.34. The topological polar surface area (TPSA) is 29.9 Å². The van der Waals surface area contributed by atoms with Gasteiger partial charge in [-0.3, -0.25) is 4.68 Å². The lowest BCUT2D eigenvalue weighted by molar-refractivity contribution is 0.777. The van der Waals surface area contributed by atoms with Gasteiger partial charge in [-0.25, -0.2) is 0 Å². The number of rotatable bonds is 3. The molecule has 3 nitrogen and oxygen atoms in total. The lowest BCUT2D eigenvalue weighted by atomic mass is 9.96. The van der Waals surface area contributed by atoms with Crippen molar-refractivity contribution in [3.8, 4) is 11.3 Å². The summed E-state index contributed by atoms with van der Waals surface area (Å²) < 4.78 is 1.93. The van der Waals surface area contributed by atoms with Crippen LogP contribution < -0.4 is 5.32 Å². The molecule has 1 N–H and O–H groups in total. The maximum atomic E-state index is 4.43. The van der Waals surface area contributed by atoms with Crippen LogP contribution in [0.15, 0.2) is 24.3 Å². The molecule has 1 heterocycles. The van der Waals surface area contributed by atoms with Crippen LogP contribution in [0.2, 0.25) is 0 Å². The van der Waals surface area contributed by atoms with Gasteiger partial charge in [0.25, 0.3) is 0 Å². The SMILES string of the molecule is CNc1cc(-c2cc(C(C)C)ccc2C)n(C)n1. The second-order valence-corrected chi connectivity index (χ2v) is 5.02. The summed E-state index contributed by atoms with van der Waals surface area (Å²) in [6.45, 7) is 6.58. The Bertz CT molecular complexity index is 553. The first-order valence-electron chi connectivity index (χ1n) is 6.35. The summed E-state index contributed by atoms with van der Waals surface area (Å²) in [6, 6.07) is 8.76. The molecule has 96 valence electrons. The fourth-order valence-electron chi connectivity index (χ4n) is 2.12. The van der Waals surface area contributed by atoms with Crippen LogP contribution >= 0.6 is 0 Å². The van der Waals surface area contributed by atoms with Gasteiger partial charge < -0.3 is 5.32 Å². The molecule has 0 bridgehead atoms. The smallest absolute Gasteiger partial charge is 0.148 e. The summed E-state index contributed by atoms with van der Waals surface area (Å²) in [7, 11) is 3.88. The summed E-state index contributed by atoms with van der Waals surface area (Å²) in [5.41, 5.74) is 5.06. The van der Waals surface area contributed by atoms with Gasteiger partial charge in [0.1, 0.15) is 5.82 Å². The van der Waals surface area contributed by atoms with Gasteiger partial charge in [-0.1, -0.05) is 26.0 Å². The van der Waals surface area contributed by atoms with Crippen LogP contribution in [0.3, 0.4) is 0 Å². The van der Waals surface area contributed by atoms with E-state index in [0.29, 0.717) is 5.92 Å². The van der Waals surface area contributed by atoms with Crippen LogP contribution in [0.4, 0.5) is 5.82 Å². The van der Waals surface area contributed by atoms with E-state index in [1.54, 1.807) is 0 Å². The lowest BCUT2D eigenvalue weighted by Crippen LogP contribution is -1.97. The number of nitrogens with zero attached hydrogens (tertiary/aromatic N) is 2. The van der Waals surface area contributed by atoms with E-state index in [-0.39, 0.29) is 0 Å². The third-order valence-electron chi connectivity index (χ3n) is 3.34. The van der Waals surface area contributed by atoms with Crippen molar-refractivity contribution in [1.29, 1.82) is 0 Å². The predicted octanol–water partition coefficient (Wildman–Crippen LogP) is 3.56. The fourth-order valence-corrected chi connectivity index (χ4v) is 2.12. The Balaban J connectivity index is 2.54. The normalized spacial score (nSPS) is 11.0. The summed E-state index contributed by atoms with van der Waals surface area (Å²) in [4.78, 5) is 0. The molecule has 0 saturated carbocycles. The van der Waals surface area contributed by atoms with Crippen molar-refractivity contribution in [1.82, 2.24) is 9.78 Å². The Morgan fingerprint density at radius 2 is 1.94 bits per heavy atom. The number of nitrogens with one attached hydrogen (secondary N) is 1. The van der Waals surface area contributed by atoms with E-state index in [4.69, 9.17) is 0 Å². The quantitative estimate of drug-likeness (QED) is 0.893. The van der Waals surface area contributed by atoms with Crippen LogP contribution in [0, 0.1) is 6.92 Å². The Kier molecular flexibility index (Phi) is 3.41. The van der Waals surface area contributed by atoms with E-state index in [1.165, 1.54) is 16.7 Å². The molecule has 1 aromatic heterocycles. The second-order valence-electron chi connectivity index (χ2n) is 5.02. The van der Waals surface area contributed by atoms with Crippen LogP contribution in [0.1, 0.15) is 30.9 Å². The first-order chi connectivity index (χ1) is 8.52. The number of hydrogen-bond acceptors (Lipinski definition) is 2. The molecule has 3 heteroatoms. The summed E-state index contributed by atoms with van der Waals surface area (Å²) in [5.74, 6) is 1.45. The standard InChI is InChI=1S/C15H21N3/c1-10(2)12-7-6-11(3)13(8-12)14-9-15(16-4)17-18(14)5/h6-10H,1-5H3,(H,16,17). The van der Waals surface area contributed by atoms with Crippen molar-refractivity contribution in [3.63, 3.8) is 0 Å². The molecular formula is C15H21N3. The molecule has 0 aliphatic carbocycles. The molecule has 0 aliphatic rings. The zero-order valence-electron chi connectivity index (χ0n) is 11.8.